The van der Waals surface area contributed by atoms with E-state index in [9.17, 15) is 9.59 Å². The highest BCUT2D eigenvalue weighted by molar-refractivity contribution is 6.00. The normalized spacial score (nSPS) is 16.4. The van der Waals surface area contributed by atoms with Gasteiger partial charge in [-0.1, -0.05) is 6.92 Å². The number of carboxylic acids is 1. The summed E-state index contributed by atoms with van der Waals surface area (Å²) in [5.74, 6) is -1.10. The van der Waals surface area contributed by atoms with Crippen molar-refractivity contribution in [3.05, 3.63) is 22.5 Å². The molecular weight excluding hydrogens is 258 g/mol. The predicted molar refractivity (Wildman–Crippen MR) is 75.2 cm³/mol. The molecule has 1 fully saturated rings. The highest BCUT2D eigenvalue weighted by Crippen LogP contribution is 2.20. The van der Waals surface area contributed by atoms with Gasteiger partial charge in [0.25, 0.3) is 5.91 Å². The van der Waals surface area contributed by atoms with Gasteiger partial charge in [0.1, 0.15) is 5.69 Å². The molecule has 0 bridgehead atoms. The fourth-order valence-corrected chi connectivity index (χ4v) is 2.71. The highest BCUT2D eigenvalue weighted by atomic mass is 16.4. The largest absolute Gasteiger partial charge is 0.477 e. The zero-order valence-electron chi connectivity index (χ0n) is 12.2. The molecule has 110 valence electrons. The van der Waals surface area contributed by atoms with E-state index in [0.717, 1.165) is 19.6 Å². The van der Waals surface area contributed by atoms with E-state index in [-0.39, 0.29) is 11.6 Å². The molecule has 2 N–H and O–H groups in total. The van der Waals surface area contributed by atoms with Crippen molar-refractivity contribution < 1.29 is 14.7 Å². The van der Waals surface area contributed by atoms with Crippen LogP contribution in [0.2, 0.25) is 0 Å². The number of aryl methyl sites for hydroxylation is 1. The Labute approximate surface area is 118 Å². The summed E-state index contributed by atoms with van der Waals surface area (Å²) < 4.78 is 0. The Morgan fingerprint density at radius 2 is 1.80 bits per heavy atom. The van der Waals surface area contributed by atoms with Crippen molar-refractivity contribution in [3.8, 4) is 0 Å². The molecule has 20 heavy (non-hydrogen) atoms. The Kier molecular flexibility index (Phi) is 4.13. The molecule has 0 unspecified atom stereocenters. The molecule has 0 radical (unpaired) electrons. The lowest BCUT2D eigenvalue weighted by Crippen LogP contribution is -2.48. The second-order valence-electron chi connectivity index (χ2n) is 5.16. The molecule has 1 saturated heterocycles. The lowest BCUT2D eigenvalue weighted by molar-refractivity contribution is 0.0642. The summed E-state index contributed by atoms with van der Waals surface area (Å²) in [5.41, 5.74) is 1.77. The maximum absolute atomic E-state index is 12.6. The summed E-state index contributed by atoms with van der Waals surface area (Å²) >= 11 is 0. The first kappa shape index (κ1) is 14.6. The van der Waals surface area contributed by atoms with Crippen molar-refractivity contribution in [1.82, 2.24) is 14.8 Å². The second-order valence-corrected chi connectivity index (χ2v) is 5.16. The number of rotatable bonds is 3. The maximum atomic E-state index is 12.6. The number of hydrogen-bond donors (Lipinski definition) is 2. The lowest BCUT2D eigenvalue weighted by atomic mass is 10.1. The Morgan fingerprint density at radius 1 is 1.20 bits per heavy atom. The van der Waals surface area contributed by atoms with Crippen LogP contribution in [0.1, 0.15) is 39.0 Å². The molecular formula is C14H21N3O3. The minimum absolute atomic E-state index is 0.0699. The number of carbonyl (C=O) groups excluding carboxylic acids is 1. The number of nitrogens with one attached hydrogen (secondary N) is 1. The van der Waals surface area contributed by atoms with Crippen LogP contribution in [-0.4, -0.2) is 64.5 Å². The van der Waals surface area contributed by atoms with Gasteiger partial charge in [0.2, 0.25) is 0 Å². The van der Waals surface area contributed by atoms with E-state index in [1.165, 1.54) is 0 Å². The van der Waals surface area contributed by atoms with Gasteiger partial charge in [0, 0.05) is 31.9 Å². The number of aromatic carboxylic acids is 1. The average Bonchev–Trinajstić information content (AvgIpc) is 2.73. The van der Waals surface area contributed by atoms with E-state index in [1.807, 2.05) is 0 Å². The summed E-state index contributed by atoms with van der Waals surface area (Å²) in [4.78, 5) is 30.6. The fourth-order valence-electron chi connectivity index (χ4n) is 2.71. The molecule has 2 heterocycles. The number of H-pyrrole nitrogens is 1. The molecule has 1 amide bonds. The van der Waals surface area contributed by atoms with Gasteiger partial charge in [0.15, 0.2) is 0 Å². The van der Waals surface area contributed by atoms with Crippen LogP contribution in [0, 0.1) is 13.8 Å². The Balaban J connectivity index is 2.20. The van der Waals surface area contributed by atoms with Crippen LogP contribution in [0.25, 0.3) is 0 Å². The highest BCUT2D eigenvalue weighted by Gasteiger charge is 2.27. The molecule has 1 aliphatic heterocycles. The third-order valence-electron chi connectivity index (χ3n) is 3.97. The second kappa shape index (κ2) is 5.66. The van der Waals surface area contributed by atoms with Gasteiger partial charge in [-0.25, -0.2) is 4.79 Å². The maximum Gasteiger partial charge on any atom is 0.352 e. The van der Waals surface area contributed by atoms with Crippen molar-refractivity contribution in [2.75, 3.05) is 32.7 Å². The van der Waals surface area contributed by atoms with Gasteiger partial charge in [-0.15, -0.1) is 0 Å². The number of carbonyl (C=O) groups is 2. The van der Waals surface area contributed by atoms with Crippen molar-refractivity contribution in [2.45, 2.75) is 20.8 Å². The summed E-state index contributed by atoms with van der Waals surface area (Å²) in [6.07, 6.45) is 0. The molecule has 6 nitrogen and oxygen atoms in total. The topological polar surface area (TPSA) is 76.6 Å². The zero-order valence-corrected chi connectivity index (χ0v) is 12.2. The molecule has 0 atom stereocenters. The first-order valence-electron chi connectivity index (χ1n) is 6.89. The summed E-state index contributed by atoms with van der Waals surface area (Å²) in [7, 11) is 0. The number of amides is 1. The first-order valence-corrected chi connectivity index (χ1v) is 6.89. The van der Waals surface area contributed by atoms with Crippen LogP contribution in [0.15, 0.2) is 0 Å². The summed E-state index contributed by atoms with van der Waals surface area (Å²) in [6.45, 7) is 9.66. The van der Waals surface area contributed by atoms with Crippen LogP contribution in [0.4, 0.5) is 0 Å². The SMILES string of the molecule is CCN1CCN(C(=O)c2c(C)[nH]c(C(=O)O)c2C)CC1. The van der Waals surface area contributed by atoms with Gasteiger partial charge >= 0.3 is 5.97 Å². The minimum atomic E-state index is -1.03. The Bertz CT molecular complexity index is 528. The van der Waals surface area contributed by atoms with E-state index in [0.29, 0.717) is 29.9 Å². The van der Waals surface area contributed by atoms with E-state index >= 15 is 0 Å². The first-order chi connectivity index (χ1) is 9.45. The lowest BCUT2D eigenvalue weighted by Gasteiger charge is -2.34. The molecule has 0 aromatic carbocycles. The van der Waals surface area contributed by atoms with Crippen molar-refractivity contribution in [1.29, 1.82) is 0 Å². The summed E-state index contributed by atoms with van der Waals surface area (Å²) in [5, 5.41) is 9.10. The molecule has 0 saturated carbocycles. The number of piperazine rings is 1. The number of carboxylic acid groups (broad SMARTS) is 1. The fraction of sp³-hybridized carbons (Fsp3) is 0.571. The van der Waals surface area contributed by atoms with Crippen LogP contribution in [0.5, 0.6) is 0 Å². The molecule has 1 aliphatic rings. The van der Waals surface area contributed by atoms with Crippen molar-refractivity contribution >= 4 is 11.9 Å². The van der Waals surface area contributed by atoms with Crippen molar-refractivity contribution in [3.63, 3.8) is 0 Å². The average molecular weight is 279 g/mol. The van der Waals surface area contributed by atoms with E-state index in [4.69, 9.17) is 5.11 Å². The Hall–Kier alpha value is -1.82. The van der Waals surface area contributed by atoms with Gasteiger partial charge in [-0.3, -0.25) is 4.79 Å². The predicted octanol–water partition coefficient (Wildman–Crippen LogP) is 1.11. The molecule has 0 aliphatic carbocycles. The number of likely N-dealkylation sites (N-methyl/N-ethyl adjacent to an activating group) is 1. The van der Waals surface area contributed by atoms with Gasteiger partial charge < -0.3 is 19.9 Å². The van der Waals surface area contributed by atoms with E-state index in [1.54, 1.807) is 18.7 Å². The van der Waals surface area contributed by atoms with Crippen LogP contribution in [-0.2, 0) is 0 Å². The molecule has 0 spiro atoms. The third-order valence-corrected chi connectivity index (χ3v) is 3.97. The van der Waals surface area contributed by atoms with Crippen molar-refractivity contribution in [2.24, 2.45) is 0 Å². The smallest absolute Gasteiger partial charge is 0.352 e. The molecule has 1 aromatic heterocycles. The van der Waals surface area contributed by atoms with E-state index < -0.39 is 5.97 Å². The monoisotopic (exact) mass is 279 g/mol. The van der Waals surface area contributed by atoms with Crippen LogP contribution >= 0.6 is 0 Å². The molecule has 6 heteroatoms. The van der Waals surface area contributed by atoms with Crippen LogP contribution in [0.3, 0.4) is 0 Å². The van der Waals surface area contributed by atoms with E-state index in [2.05, 4.69) is 16.8 Å². The number of hydrogen-bond acceptors (Lipinski definition) is 3. The quantitative estimate of drug-likeness (QED) is 0.869. The molecule has 1 aromatic rings. The van der Waals surface area contributed by atoms with Gasteiger partial charge in [-0.2, -0.15) is 0 Å². The number of aromatic nitrogens is 1. The van der Waals surface area contributed by atoms with Gasteiger partial charge in [-0.05, 0) is 26.0 Å². The Morgan fingerprint density at radius 3 is 2.25 bits per heavy atom. The zero-order chi connectivity index (χ0) is 14.9. The van der Waals surface area contributed by atoms with Gasteiger partial charge in [0.05, 0.1) is 5.56 Å². The van der Waals surface area contributed by atoms with Crippen LogP contribution < -0.4 is 0 Å². The number of nitrogens with zero attached hydrogens (tertiary/aromatic N) is 2. The summed E-state index contributed by atoms with van der Waals surface area (Å²) in [6, 6.07) is 0. The number of aromatic amines is 1. The third kappa shape index (κ3) is 2.56. The minimum Gasteiger partial charge on any atom is -0.477 e. The molecule has 2 rings (SSSR count). The standard InChI is InChI=1S/C14H21N3O3/c1-4-16-5-7-17(8-6-16)13(18)11-9(2)12(14(19)20)15-10(11)3/h15H,4-8H2,1-3H3,(H,19,20).